The van der Waals surface area contributed by atoms with E-state index in [0.29, 0.717) is 77.6 Å². The van der Waals surface area contributed by atoms with Crippen molar-refractivity contribution in [1.82, 2.24) is 34.7 Å². The molecule has 2 fully saturated rings. The topological polar surface area (TPSA) is 227 Å². The maximum absolute atomic E-state index is 13.6. The number of thiazole rings is 1. The molecule has 66 heavy (non-hydrogen) atoms. The molecule has 1 aliphatic heterocycles. The molecule has 5 aromatic rings. The fraction of sp³-hybridized carbons (Fsp3) is 0.457. The molecule has 2 aliphatic rings. The minimum Gasteiger partial charge on any atom is -0.388 e. The SMILES string of the molecule is CNc1ccc(C(=O)Nc2nc(C)c(C)s2)c(NC(=O)CCOCCOCCNC(=O)CN2CCN(c3ccc(Nc4ncc5c(C)c(C(C)=O)c(=O)n(C6CCCC6)c5n4)nc3)CC2)c1. The van der Waals surface area contributed by atoms with Crippen LogP contribution in [0.1, 0.15) is 81.9 Å². The number of pyridine rings is 2. The first-order chi connectivity index (χ1) is 31.9. The Morgan fingerprint density at radius 1 is 0.864 bits per heavy atom. The van der Waals surface area contributed by atoms with E-state index < -0.39 is 0 Å². The van der Waals surface area contributed by atoms with Gasteiger partial charge in [-0.05, 0) is 76.4 Å². The summed E-state index contributed by atoms with van der Waals surface area (Å²) in [6, 6.07) is 8.95. The summed E-state index contributed by atoms with van der Waals surface area (Å²) >= 11 is 1.39. The normalized spacial score (nSPS) is 14.3. The van der Waals surface area contributed by atoms with Gasteiger partial charge in [0, 0.05) is 68.0 Å². The molecule has 3 amide bonds. The van der Waals surface area contributed by atoms with Crippen LogP contribution in [0.15, 0.2) is 47.5 Å². The minimum absolute atomic E-state index is 0.00791. The molecule has 20 heteroatoms. The summed E-state index contributed by atoms with van der Waals surface area (Å²) in [6.07, 6.45) is 7.34. The Balaban J connectivity index is 0.770. The number of piperazine rings is 1. The van der Waals surface area contributed by atoms with E-state index in [1.54, 1.807) is 49.1 Å². The summed E-state index contributed by atoms with van der Waals surface area (Å²) in [5.74, 6) is -0.130. The Morgan fingerprint density at radius 3 is 2.30 bits per heavy atom. The summed E-state index contributed by atoms with van der Waals surface area (Å²) in [4.78, 5) is 88.1. The van der Waals surface area contributed by atoms with Crippen LogP contribution < -0.4 is 37.0 Å². The molecule has 0 spiro atoms. The molecule has 1 saturated heterocycles. The maximum atomic E-state index is 13.6. The zero-order valence-corrected chi connectivity index (χ0v) is 38.9. The first-order valence-corrected chi connectivity index (χ1v) is 23.1. The van der Waals surface area contributed by atoms with Crippen LogP contribution in [-0.2, 0) is 19.1 Å². The number of nitrogens with one attached hydrogen (secondary N) is 5. The van der Waals surface area contributed by atoms with Crippen molar-refractivity contribution in [2.24, 2.45) is 0 Å². The van der Waals surface area contributed by atoms with E-state index in [9.17, 15) is 24.0 Å². The number of rotatable bonds is 20. The first-order valence-electron chi connectivity index (χ1n) is 22.3. The molecule has 5 heterocycles. The van der Waals surface area contributed by atoms with Gasteiger partial charge in [-0.3, -0.25) is 38.8 Å². The van der Waals surface area contributed by atoms with Crippen LogP contribution in [0.3, 0.4) is 0 Å². The van der Waals surface area contributed by atoms with Crippen molar-refractivity contribution in [1.29, 1.82) is 0 Å². The largest absolute Gasteiger partial charge is 0.388 e. The van der Waals surface area contributed by atoms with Gasteiger partial charge in [-0.15, -0.1) is 11.3 Å². The molecule has 1 aromatic carbocycles. The molecule has 350 valence electrons. The van der Waals surface area contributed by atoms with Crippen LogP contribution in [0.5, 0.6) is 0 Å². The quantitative estimate of drug-likeness (QED) is 0.0498. The average Bonchev–Trinajstić information content (AvgIpc) is 3.94. The fourth-order valence-corrected chi connectivity index (χ4v) is 8.96. The highest BCUT2D eigenvalue weighted by molar-refractivity contribution is 7.15. The average molecular weight is 923 g/mol. The number of Topliss-reactive ketones (excluding diaryl/α,β-unsaturated/α-hetero) is 1. The Labute approximate surface area is 387 Å². The number of amides is 3. The number of benzene rings is 1. The van der Waals surface area contributed by atoms with Gasteiger partial charge in [-0.25, -0.2) is 15.0 Å². The molecule has 0 atom stereocenters. The van der Waals surface area contributed by atoms with Crippen LogP contribution in [0.4, 0.5) is 34.0 Å². The number of carbonyl (C=O) groups excluding carboxylic acids is 4. The molecular formula is C46H58N12O7S. The van der Waals surface area contributed by atoms with E-state index in [4.69, 9.17) is 14.5 Å². The second-order valence-electron chi connectivity index (χ2n) is 16.4. The Morgan fingerprint density at radius 2 is 1.62 bits per heavy atom. The molecular weight excluding hydrogens is 865 g/mol. The lowest BCUT2D eigenvalue weighted by molar-refractivity contribution is -0.122. The zero-order chi connectivity index (χ0) is 46.7. The third-order valence-corrected chi connectivity index (χ3v) is 12.8. The lowest BCUT2D eigenvalue weighted by atomic mass is 10.0. The van der Waals surface area contributed by atoms with Gasteiger partial charge in [0.2, 0.25) is 17.8 Å². The standard InChI is InChI=1S/C46H58N12O7S/c1-28-36-26-50-45(54-42(36)58(33-8-6-7-9-33)44(63)41(28)30(3)59)53-38-13-11-34(25-49-38)57-18-16-56(17-19-57)27-40(61)48-15-21-65-23-22-64-20-14-39(60)52-37-24-32(47-5)10-12-35(37)43(62)55-46-51-29(2)31(4)66-46/h10-13,24-26,33,47H,6-9,14-23,27H2,1-5H3,(H,48,61)(H,52,60)(H,51,55,62)(H,49,50,53,54). The number of anilines is 6. The van der Waals surface area contributed by atoms with Crippen molar-refractivity contribution in [2.45, 2.75) is 65.8 Å². The van der Waals surface area contributed by atoms with E-state index >= 15 is 0 Å². The summed E-state index contributed by atoms with van der Waals surface area (Å²) in [5.41, 5.74) is 4.27. The highest BCUT2D eigenvalue weighted by Gasteiger charge is 2.26. The van der Waals surface area contributed by atoms with Crippen molar-refractivity contribution in [3.05, 3.63) is 80.3 Å². The van der Waals surface area contributed by atoms with Crippen molar-refractivity contribution in [3.63, 3.8) is 0 Å². The monoisotopic (exact) mass is 922 g/mol. The predicted octanol–water partition coefficient (Wildman–Crippen LogP) is 5.22. The molecule has 4 aromatic heterocycles. The van der Waals surface area contributed by atoms with E-state index in [-0.39, 0.29) is 66.8 Å². The van der Waals surface area contributed by atoms with Crippen LogP contribution in [0.2, 0.25) is 0 Å². The Bertz CT molecular complexity index is 2580. The summed E-state index contributed by atoms with van der Waals surface area (Å²) < 4.78 is 12.9. The van der Waals surface area contributed by atoms with Crippen LogP contribution in [0, 0.1) is 20.8 Å². The number of ketones is 1. The zero-order valence-electron chi connectivity index (χ0n) is 38.1. The number of hydrogen-bond acceptors (Lipinski definition) is 16. The molecule has 0 radical (unpaired) electrons. The van der Waals surface area contributed by atoms with Gasteiger partial charge in [-0.2, -0.15) is 4.98 Å². The molecule has 5 N–H and O–H groups in total. The lowest BCUT2D eigenvalue weighted by Gasteiger charge is -2.35. The summed E-state index contributed by atoms with van der Waals surface area (Å²) in [5, 5.41) is 15.9. The first kappa shape index (κ1) is 47.6. The summed E-state index contributed by atoms with van der Waals surface area (Å²) in [6.45, 7) is 11.6. The maximum Gasteiger partial charge on any atom is 0.263 e. The van der Waals surface area contributed by atoms with Crippen LogP contribution in [0.25, 0.3) is 11.0 Å². The second-order valence-corrected chi connectivity index (χ2v) is 17.6. The van der Waals surface area contributed by atoms with Gasteiger partial charge in [0.1, 0.15) is 11.5 Å². The van der Waals surface area contributed by atoms with E-state index in [1.807, 2.05) is 26.0 Å². The third-order valence-electron chi connectivity index (χ3n) is 11.8. The van der Waals surface area contributed by atoms with Gasteiger partial charge in [0.05, 0.1) is 73.8 Å². The molecule has 19 nitrogen and oxygen atoms in total. The lowest BCUT2D eigenvalue weighted by Crippen LogP contribution is -2.49. The summed E-state index contributed by atoms with van der Waals surface area (Å²) in [7, 11) is 1.76. The highest BCUT2D eigenvalue weighted by Crippen LogP contribution is 2.32. The smallest absolute Gasteiger partial charge is 0.263 e. The third kappa shape index (κ3) is 11.9. The van der Waals surface area contributed by atoms with Crippen LogP contribution >= 0.6 is 11.3 Å². The second kappa shape index (κ2) is 22.2. The molecule has 0 unspecified atom stereocenters. The molecule has 1 saturated carbocycles. The van der Waals surface area contributed by atoms with Crippen molar-refractivity contribution < 1.29 is 28.7 Å². The van der Waals surface area contributed by atoms with Gasteiger partial charge >= 0.3 is 0 Å². The van der Waals surface area contributed by atoms with Gasteiger partial charge in [-0.1, -0.05) is 12.8 Å². The highest BCUT2D eigenvalue weighted by atomic mass is 32.1. The van der Waals surface area contributed by atoms with Crippen molar-refractivity contribution >= 4 is 79.8 Å². The molecule has 0 bridgehead atoms. The number of aromatic nitrogens is 5. The number of nitrogens with zero attached hydrogens (tertiary/aromatic N) is 7. The van der Waals surface area contributed by atoms with Crippen molar-refractivity contribution in [2.75, 3.05) is 98.9 Å². The molecule has 7 rings (SSSR count). The minimum atomic E-state index is -0.371. The number of ether oxygens (including phenoxy) is 2. The van der Waals surface area contributed by atoms with Crippen molar-refractivity contribution in [3.8, 4) is 0 Å². The number of aryl methyl sites for hydroxylation is 3. The van der Waals surface area contributed by atoms with E-state index in [0.717, 1.165) is 60.7 Å². The van der Waals surface area contributed by atoms with Gasteiger partial charge in [0.25, 0.3) is 11.5 Å². The number of fused-ring (bicyclic) bond motifs is 1. The number of carbonyl (C=O) groups is 4. The van der Waals surface area contributed by atoms with Gasteiger partial charge < -0.3 is 35.6 Å². The number of hydrogen-bond donors (Lipinski definition) is 5. The fourth-order valence-electron chi connectivity index (χ4n) is 8.15. The molecule has 1 aliphatic carbocycles. The van der Waals surface area contributed by atoms with Crippen LogP contribution in [-0.4, -0.2) is 126 Å². The van der Waals surface area contributed by atoms with Gasteiger partial charge in [0.15, 0.2) is 10.9 Å². The van der Waals surface area contributed by atoms with E-state index in [1.165, 1.54) is 18.3 Å². The van der Waals surface area contributed by atoms with E-state index in [2.05, 4.69) is 51.3 Å². The Kier molecular flexibility index (Phi) is 16.0. The predicted molar refractivity (Wildman–Crippen MR) is 256 cm³/mol. The Hall–Kier alpha value is -6.35.